The van der Waals surface area contributed by atoms with Crippen molar-refractivity contribution in [2.45, 2.75) is 57.3 Å². The normalized spacial score (nSPS) is 24.8. The SMILES string of the molecule is Cc1cccc(Cl)c1OCc1ccc(C(=O)NC2CC3CCC(C2)N3C)o1. The molecule has 0 aliphatic carbocycles. The Balaban J connectivity index is 1.34. The van der Waals surface area contributed by atoms with Crippen molar-refractivity contribution in [2.75, 3.05) is 7.05 Å². The molecule has 2 atom stereocenters. The van der Waals surface area contributed by atoms with Crippen LogP contribution >= 0.6 is 11.6 Å². The number of hydrogen-bond acceptors (Lipinski definition) is 4. The van der Waals surface area contributed by atoms with Crippen molar-refractivity contribution in [2.24, 2.45) is 0 Å². The summed E-state index contributed by atoms with van der Waals surface area (Å²) in [5.74, 6) is 1.42. The fraction of sp³-hybridized carbons (Fsp3) is 0.476. The van der Waals surface area contributed by atoms with Gasteiger partial charge in [-0.1, -0.05) is 23.7 Å². The molecule has 1 N–H and O–H groups in total. The van der Waals surface area contributed by atoms with Gasteiger partial charge >= 0.3 is 0 Å². The summed E-state index contributed by atoms with van der Waals surface area (Å²) in [6.45, 7) is 2.17. The van der Waals surface area contributed by atoms with Crippen molar-refractivity contribution in [3.63, 3.8) is 0 Å². The van der Waals surface area contributed by atoms with Crippen LogP contribution in [0.1, 0.15) is 47.6 Å². The van der Waals surface area contributed by atoms with Gasteiger partial charge in [0.2, 0.25) is 0 Å². The first-order valence-electron chi connectivity index (χ1n) is 9.50. The number of hydrogen-bond donors (Lipinski definition) is 1. The maximum Gasteiger partial charge on any atom is 0.287 e. The number of benzene rings is 1. The lowest BCUT2D eigenvalue weighted by Crippen LogP contribution is -2.48. The zero-order valence-electron chi connectivity index (χ0n) is 15.7. The van der Waals surface area contributed by atoms with Crippen LogP contribution in [0.2, 0.25) is 5.02 Å². The van der Waals surface area contributed by atoms with Gasteiger partial charge in [0, 0.05) is 18.1 Å². The lowest BCUT2D eigenvalue weighted by molar-refractivity contribution is 0.0851. The molecule has 2 fully saturated rings. The molecule has 1 amide bonds. The number of halogens is 1. The number of carbonyl (C=O) groups excluding carboxylic acids is 1. The Morgan fingerprint density at radius 3 is 2.70 bits per heavy atom. The molecule has 6 heteroatoms. The third-order valence-electron chi connectivity index (χ3n) is 5.84. The van der Waals surface area contributed by atoms with Gasteiger partial charge < -0.3 is 19.4 Å². The van der Waals surface area contributed by atoms with Crippen LogP contribution in [0.25, 0.3) is 0 Å². The van der Waals surface area contributed by atoms with E-state index in [4.69, 9.17) is 20.8 Å². The number of aryl methyl sites for hydroxylation is 1. The topological polar surface area (TPSA) is 54.7 Å². The monoisotopic (exact) mass is 388 g/mol. The van der Waals surface area contributed by atoms with Crippen LogP contribution in [0.15, 0.2) is 34.7 Å². The summed E-state index contributed by atoms with van der Waals surface area (Å²) in [5.41, 5.74) is 0.962. The van der Waals surface area contributed by atoms with Gasteiger partial charge in [-0.15, -0.1) is 0 Å². The van der Waals surface area contributed by atoms with E-state index < -0.39 is 0 Å². The molecule has 2 bridgehead atoms. The first-order valence-corrected chi connectivity index (χ1v) is 9.88. The Morgan fingerprint density at radius 2 is 2.00 bits per heavy atom. The summed E-state index contributed by atoms with van der Waals surface area (Å²) >= 11 is 6.18. The number of fused-ring (bicyclic) bond motifs is 2. The molecule has 1 aromatic carbocycles. The average molecular weight is 389 g/mol. The maximum absolute atomic E-state index is 12.5. The highest BCUT2D eigenvalue weighted by atomic mass is 35.5. The molecular weight excluding hydrogens is 364 g/mol. The lowest BCUT2D eigenvalue weighted by atomic mass is 9.98. The minimum atomic E-state index is -0.149. The number of amides is 1. The van der Waals surface area contributed by atoms with Gasteiger partial charge in [-0.2, -0.15) is 0 Å². The van der Waals surface area contributed by atoms with Gasteiger partial charge in [0.1, 0.15) is 18.1 Å². The Hall–Kier alpha value is -1.98. The van der Waals surface area contributed by atoms with Gasteiger partial charge in [0.25, 0.3) is 5.91 Å². The largest absolute Gasteiger partial charge is 0.484 e. The van der Waals surface area contributed by atoms with E-state index in [1.54, 1.807) is 18.2 Å². The summed E-state index contributed by atoms with van der Waals surface area (Å²) in [6, 6.07) is 10.5. The molecule has 3 heterocycles. The minimum absolute atomic E-state index is 0.149. The van der Waals surface area contributed by atoms with Crippen molar-refractivity contribution >= 4 is 17.5 Å². The quantitative estimate of drug-likeness (QED) is 0.835. The van der Waals surface area contributed by atoms with Gasteiger partial charge in [0.05, 0.1) is 5.02 Å². The summed E-state index contributed by atoms with van der Waals surface area (Å²) in [6.07, 6.45) is 4.50. The number of carbonyl (C=O) groups is 1. The molecule has 1 aromatic heterocycles. The molecule has 0 spiro atoms. The molecule has 2 unspecified atom stereocenters. The second-order valence-electron chi connectivity index (χ2n) is 7.63. The molecule has 2 aliphatic heterocycles. The van der Waals surface area contributed by atoms with Crippen molar-refractivity contribution in [1.29, 1.82) is 0 Å². The summed E-state index contributed by atoms with van der Waals surface area (Å²) < 4.78 is 11.5. The third-order valence-corrected chi connectivity index (χ3v) is 6.14. The van der Waals surface area contributed by atoms with Crippen LogP contribution in [0, 0.1) is 6.92 Å². The molecule has 4 rings (SSSR count). The highest BCUT2D eigenvalue weighted by Gasteiger charge is 2.39. The fourth-order valence-corrected chi connectivity index (χ4v) is 4.58. The Morgan fingerprint density at radius 1 is 1.26 bits per heavy atom. The van der Waals surface area contributed by atoms with E-state index >= 15 is 0 Å². The van der Waals surface area contributed by atoms with Crippen LogP contribution in [0.4, 0.5) is 0 Å². The van der Waals surface area contributed by atoms with Crippen molar-refractivity contribution < 1.29 is 13.9 Å². The van der Waals surface area contributed by atoms with Crippen LogP contribution in [-0.2, 0) is 6.61 Å². The number of furan rings is 1. The van der Waals surface area contributed by atoms with Crippen molar-refractivity contribution in [1.82, 2.24) is 10.2 Å². The highest BCUT2D eigenvalue weighted by Crippen LogP contribution is 2.34. The number of piperidine rings is 1. The van der Waals surface area contributed by atoms with E-state index in [1.165, 1.54) is 12.8 Å². The second kappa shape index (κ2) is 7.56. The third kappa shape index (κ3) is 3.85. The summed E-state index contributed by atoms with van der Waals surface area (Å²) in [5, 5.41) is 3.71. The number of ether oxygens (including phenoxy) is 1. The Bertz CT molecular complexity index is 800. The standard InChI is InChI=1S/C21H25ClN2O3/c1-13-4-3-5-18(22)20(13)26-12-17-8-9-19(27-17)21(25)23-14-10-15-6-7-16(11-14)24(15)2/h3-5,8-9,14-16H,6-7,10-12H2,1-2H3,(H,23,25). The smallest absolute Gasteiger partial charge is 0.287 e. The molecule has 5 nitrogen and oxygen atoms in total. The zero-order valence-corrected chi connectivity index (χ0v) is 16.5. The van der Waals surface area contributed by atoms with Gasteiger partial charge in [0.15, 0.2) is 5.76 Å². The Kier molecular flexibility index (Phi) is 5.15. The van der Waals surface area contributed by atoms with E-state index in [2.05, 4.69) is 17.3 Å². The van der Waals surface area contributed by atoms with Crippen LogP contribution in [0.5, 0.6) is 5.75 Å². The molecule has 0 radical (unpaired) electrons. The van der Waals surface area contributed by atoms with E-state index in [-0.39, 0.29) is 18.6 Å². The van der Waals surface area contributed by atoms with E-state index in [9.17, 15) is 4.79 Å². The molecule has 144 valence electrons. The molecule has 27 heavy (non-hydrogen) atoms. The van der Waals surface area contributed by atoms with E-state index in [0.717, 1.165) is 18.4 Å². The summed E-state index contributed by atoms with van der Waals surface area (Å²) in [4.78, 5) is 15.0. The molecule has 2 aliphatic rings. The predicted molar refractivity (Wildman–Crippen MR) is 104 cm³/mol. The van der Waals surface area contributed by atoms with Crippen molar-refractivity contribution in [3.8, 4) is 5.75 Å². The van der Waals surface area contributed by atoms with Gasteiger partial charge in [-0.05, 0) is 63.4 Å². The van der Waals surface area contributed by atoms with Crippen LogP contribution < -0.4 is 10.1 Å². The van der Waals surface area contributed by atoms with Gasteiger partial charge in [-0.25, -0.2) is 0 Å². The molecule has 2 saturated heterocycles. The van der Waals surface area contributed by atoms with Crippen LogP contribution in [0.3, 0.4) is 0 Å². The van der Waals surface area contributed by atoms with E-state index in [1.807, 2.05) is 19.1 Å². The average Bonchev–Trinajstić information content (AvgIpc) is 3.17. The second-order valence-corrected chi connectivity index (χ2v) is 8.04. The number of nitrogens with one attached hydrogen (secondary N) is 1. The first kappa shape index (κ1) is 18.4. The number of nitrogens with zero attached hydrogens (tertiary/aromatic N) is 1. The van der Waals surface area contributed by atoms with E-state index in [0.29, 0.717) is 34.4 Å². The first-order chi connectivity index (χ1) is 13.0. The molecular formula is C21H25ClN2O3. The van der Waals surface area contributed by atoms with Crippen molar-refractivity contribution in [3.05, 3.63) is 52.4 Å². The molecule has 0 saturated carbocycles. The zero-order chi connectivity index (χ0) is 19.0. The highest BCUT2D eigenvalue weighted by molar-refractivity contribution is 6.32. The summed E-state index contributed by atoms with van der Waals surface area (Å²) in [7, 11) is 2.19. The number of rotatable bonds is 5. The maximum atomic E-state index is 12.5. The van der Waals surface area contributed by atoms with Gasteiger partial charge in [-0.3, -0.25) is 4.79 Å². The predicted octanol–water partition coefficient (Wildman–Crippen LogP) is 4.18. The Labute approximate surface area is 164 Å². The lowest BCUT2D eigenvalue weighted by Gasteiger charge is -2.36. The minimum Gasteiger partial charge on any atom is -0.484 e. The molecule has 2 aromatic rings. The number of para-hydroxylation sites is 1. The van der Waals surface area contributed by atoms with Crippen LogP contribution in [-0.4, -0.2) is 36.0 Å². The fourth-order valence-electron chi connectivity index (χ4n) is 4.31.